The van der Waals surface area contributed by atoms with Gasteiger partial charge < -0.3 is 0 Å². The second-order valence-electron chi connectivity index (χ2n) is 8.09. The highest BCUT2D eigenvalue weighted by Gasteiger charge is 2.30. The van der Waals surface area contributed by atoms with Crippen molar-refractivity contribution in [2.24, 2.45) is 0 Å². The number of hydrogen-bond acceptors (Lipinski definition) is 4. The number of fused-ring (bicyclic) bond motifs is 1. The highest BCUT2D eigenvalue weighted by molar-refractivity contribution is 5.29. The Morgan fingerprint density at radius 2 is 1.79 bits per heavy atom. The Morgan fingerprint density at radius 1 is 1.00 bits per heavy atom. The monoisotopic (exact) mass is 389 g/mol. The summed E-state index contributed by atoms with van der Waals surface area (Å²) < 4.78 is 1.60. The van der Waals surface area contributed by atoms with E-state index in [1.807, 2.05) is 18.2 Å². The van der Waals surface area contributed by atoms with Crippen LogP contribution in [0, 0.1) is 0 Å². The van der Waals surface area contributed by atoms with E-state index in [1.165, 1.54) is 5.56 Å². The molecule has 1 saturated heterocycles. The Hall–Kier alpha value is -2.70. The lowest BCUT2D eigenvalue weighted by Gasteiger charge is -2.40. The molecule has 1 N–H and O–H groups in total. The lowest BCUT2D eigenvalue weighted by atomic mass is 9.92. The zero-order valence-electron chi connectivity index (χ0n) is 16.6. The molecule has 1 fully saturated rings. The summed E-state index contributed by atoms with van der Waals surface area (Å²) in [7, 11) is 0. The SMILES string of the molecule is O=c1c2c([nH]n1-c1ccccn1)CCC(N1CCN(Cc3ccccc3)CC1)C2. The van der Waals surface area contributed by atoms with Crippen molar-refractivity contribution in [2.75, 3.05) is 26.2 Å². The van der Waals surface area contributed by atoms with Gasteiger partial charge in [-0.05, 0) is 37.0 Å². The summed E-state index contributed by atoms with van der Waals surface area (Å²) in [5, 5.41) is 3.29. The first-order valence-corrected chi connectivity index (χ1v) is 10.5. The van der Waals surface area contributed by atoms with Crippen LogP contribution >= 0.6 is 0 Å². The van der Waals surface area contributed by atoms with Gasteiger partial charge in [-0.3, -0.25) is 19.7 Å². The van der Waals surface area contributed by atoms with Crippen LogP contribution in [0.1, 0.15) is 23.2 Å². The highest BCUT2D eigenvalue weighted by Crippen LogP contribution is 2.23. The molecule has 29 heavy (non-hydrogen) atoms. The van der Waals surface area contributed by atoms with Gasteiger partial charge in [0.15, 0.2) is 5.82 Å². The molecule has 1 aromatic carbocycles. The van der Waals surface area contributed by atoms with Gasteiger partial charge in [0.1, 0.15) is 0 Å². The van der Waals surface area contributed by atoms with Gasteiger partial charge in [0, 0.05) is 56.2 Å². The number of nitrogens with zero attached hydrogens (tertiary/aromatic N) is 4. The smallest absolute Gasteiger partial charge is 0.276 e. The van der Waals surface area contributed by atoms with Crippen LogP contribution in [0.4, 0.5) is 0 Å². The summed E-state index contributed by atoms with van der Waals surface area (Å²) >= 11 is 0. The van der Waals surface area contributed by atoms with Crippen molar-refractivity contribution in [3.05, 3.63) is 81.9 Å². The fourth-order valence-electron chi connectivity index (χ4n) is 4.67. The quantitative estimate of drug-likeness (QED) is 0.744. The maximum absolute atomic E-state index is 13.0. The zero-order chi connectivity index (χ0) is 19.6. The molecular formula is C23H27N5O. The minimum absolute atomic E-state index is 0.0612. The van der Waals surface area contributed by atoms with Crippen molar-refractivity contribution < 1.29 is 0 Å². The number of aromatic nitrogens is 3. The van der Waals surface area contributed by atoms with E-state index in [-0.39, 0.29) is 5.56 Å². The Bertz CT molecular complexity index is 1000. The zero-order valence-corrected chi connectivity index (χ0v) is 16.6. The van der Waals surface area contributed by atoms with Gasteiger partial charge in [-0.1, -0.05) is 36.4 Å². The van der Waals surface area contributed by atoms with Crippen molar-refractivity contribution >= 4 is 0 Å². The number of rotatable bonds is 4. The molecule has 5 rings (SSSR count). The standard InChI is InChI=1S/C23H27N5O/c29-23-20-16-19(9-10-21(20)25-28(23)22-8-4-5-11-24-22)27-14-12-26(13-15-27)17-18-6-2-1-3-7-18/h1-8,11,19,25H,9-10,12-17H2. The van der Waals surface area contributed by atoms with Crippen LogP contribution in [0.25, 0.3) is 5.82 Å². The van der Waals surface area contributed by atoms with Crippen molar-refractivity contribution in [1.29, 1.82) is 0 Å². The third-order valence-corrected chi connectivity index (χ3v) is 6.29. The molecule has 1 atom stereocenters. The van der Waals surface area contributed by atoms with E-state index >= 15 is 0 Å². The first-order chi connectivity index (χ1) is 14.3. The molecule has 1 aliphatic heterocycles. The average molecular weight is 390 g/mol. The van der Waals surface area contributed by atoms with E-state index in [0.29, 0.717) is 11.9 Å². The number of hydrogen-bond donors (Lipinski definition) is 1. The topological polar surface area (TPSA) is 57.2 Å². The number of pyridine rings is 1. The molecule has 0 radical (unpaired) electrons. The molecule has 1 unspecified atom stereocenters. The number of benzene rings is 1. The summed E-state index contributed by atoms with van der Waals surface area (Å²) in [5.41, 5.74) is 3.47. The molecule has 3 aromatic rings. The Balaban J connectivity index is 1.24. The average Bonchev–Trinajstić information content (AvgIpc) is 3.12. The summed E-state index contributed by atoms with van der Waals surface area (Å²) in [4.78, 5) is 22.4. The second-order valence-corrected chi connectivity index (χ2v) is 8.09. The van der Waals surface area contributed by atoms with Crippen LogP contribution in [-0.4, -0.2) is 56.8 Å². The number of nitrogens with one attached hydrogen (secondary N) is 1. The molecule has 0 amide bonds. The number of aryl methyl sites for hydroxylation is 1. The fourth-order valence-corrected chi connectivity index (χ4v) is 4.67. The highest BCUT2D eigenvalue weighted by atomic mass is 16.1. The molecule has 0 saturated carbocycles. The lowest BCUT2D eigenvalue weighted by Crippen LogP contribution is -2.51. The van der Waals surface area contributed by atoms with Gasteiger partial charge in [-0.2, -0.15) is 0 Å². The van der Waals surface area contributed by atoms with Crippen LogP contribution in [-0.2, 0) is 19.4 Å². The normalized spacial score (nSPS) is 20.5. The fraction of sp³-hybridized carbons (Fsp3) is 0.391. The van der Waals surface area contributed by atoms with Gasteiger partial charge in [0.05, 0.1) is 0 Å². The predicted octanol–water partition coefficient (Wildman–Crippen LogP) is 2.24. The van der Waals surface area contributed by atoms with Crippen LogP contribution < -0.4 is 5.56 Å². The maximum Gasteiger partial charge on any atom is 0.276 e. The number of H-pyrrole nitrogens is 1. The Kier molecular flexibility index (Phi) is 5.04. The Labute approximate surface area is 170 Å². The predicted molar refractivity (Wildman–Crippen MR) is 113 cm³/mol. The first-order valence-electron chi connectivity index (χ1n) is 10.5. The molecule has 6 nitrogen and oxygen atoms in total. The number of aromatic amines is 1. The molecule has 2 aliphatic rings. The van der Waals surface area contributed by atoms with Gasteiger partial charge in [0.25, 0.3) is 5.56 Å². The maximum atomic E-state index is 13.0. The van der Waals surface area contributed by atoms with Crippen molar-refractivity contribution in [1.82, 2.24) is 24.6 Å². The van der Waals surface area contributed by atoms with Crippen molar-refractivity contribution in [2.45, 2.75) is 31.8 Å². The minimum Gasteiger partial charge on any atom is -0.297 e. The van der Waals surface area contributed by atoms with Crippen molar-refractivity contribution in [3.63, 3.8) is 0 Å². The molecule has 6 heteroatoms. The van der Waals surface area contributed by atoms with E-state index < -0.39 is 0 Å². The van der Waals surface area contributed by atoms with E-state index in [2.05, 4.69) is 50.2 Å². The second kappa shape index (κ2) is 7.97. The summed E-state index contributed by atoms with van der Waals surface area (Å²) in [6, 6.07) is 16.8. The van der Waals surface area contributed by atoms with Crippen LogP contribution in [0.3, 0.4) is 0 Å². The van der Waals surface area contributed by atoms with E-state index in [0.717, 1.165) is 63.2 Å². The van der Waals surface area contributed by atoms with Gasteiger partial charge in [-0.15, -0.1) is 0 Å². The molecule has 150 valence electrons. The first kappa shape index (κ1) is 18.3. The van der Waals surface area contributed by atoms with Gasteiger partial charge >= 0.3 is 0 Å². The molecule has 2 aromatic heterocycles. The minimum atomic E-state index is 0.0612. The lowest BCUT2D eigenvalue weighted by molar-refractivity contribution is 0.0854. The molecule has 0 spiro atoms. The van der Waals surface area contributed by atoms with Crippen LogP contribution in [0.5, 0.6) is 0 Å². The third-order valence-electron chi connectivity index (χ3n) is 6.29. The third kappa shape index (κ3) is 3.78. The number of piperazine rings is 1. The molecule has 3 heterocycles. The summed E-state index contributed by atoms with van der Waals surface area (Å²) in [6.07, 6.45) is 4.59. The van der Waals surface area contributed by atoms with E-state index in [9.17, 15) is 4.79 Å². The molecular weight excluding hydrogens is 362 g/mol. The van der Waals surface area contributed by atoms with Crippen LogP contribution in [0.2, 0.25) is 0 Å². The Morgan fingerprint density at radius 3 is 2.55 bits per heavy atom. The largest absolute Gasteiger partial charge is 0.297 e. The van der Waals surface area contributed by atoms with E-state index in [4.69, 9.17) is 0 Å². The molecule has 1 aliphatic carbocycles. The van der Waals surface area contributed by atoms with Crippen molar-refractivity contribution in [3.8, 4) is 5.82 Å². The van der Waals surface area contributed by atoms with Gasteiger partial charge in [0.2, 0.25) is 0 Å². The van der Waals surface area contributed by atoms with Crippen LogP contribution in [0.15, 0.2) is 59.5 Å². The van der Waals surface area contributed by atoms with E-state index in [1.54, 1.807) is 10.9 Å². The summed E-state index contributed by atoms with van der Waals surface area (Å²) in [5.74, 6) is 0.665. The summed E-state index contributed by atoms with van der Waals surface area (Å²) in [6.45, 7) is 5.35. The van der Waals surface area contributed by atoms with Gasteiger partial charge in [-0.25, -0.2) is 9.67 Å². The molecule has 0 bridgehead atoms.